The molecule has 1 aliphatic carbocycles. The van der Waals surface area contributed by atoms with Crippen LogP contribution in [0, 0.1) is 0 Å². The number of carbonyl (C=O) groups excluding carboxylic acids is 1. The van der Waals surface area contributed by atoms with E-state index in [1.54, 1.807) is 0 Å². The molecule has 1 unspecified atom stereocenters. The van der Waals surface area contributed by atoms with Crippen LogP contribution < -0.4 is 0 Å². The average molecular weight is 176 g/mol. The number of hydrogen-bond acceptors (Lipinski definition) is 5. The summed E-state index contributed by atoms with van der Waals surface area (Å²) in [5.74, 6) is -3.21. The molecule has 12 heavy (non-hydrogen) atoms. The third-order valence-corrected chi connectivity index (χ3v) is 2.28. The zero-order valence-corrected chi connectivity index (χ0v) is 6.53. The van der Waals surface area contributed by atoms with Gasteiger partial charge in [0.25, 0.3) is 0 Å². The molecule has 5 heteroatoms. The van der Waals surface area contributed by atoms with Gasteiger partial charge in [-0.2, -0.15) is 0 Å². The molecule has 0 amide bonds. The first kappa shape index (κ1) is 9.60. The van der Waals surface area contributed by atoms with Gasteiger partial charge in [0.05, 0.1) is 6.61 Å². The van der Waals surface area contributed by atoms with E-state index in [1.807, 2.05) is 0 Å². The molecule has 1 atom stereocenters. The van der Waals surface area contributed by atoms with E-state index in [1.165, 1.54) is 0 Å². The second-order valence-electron chi connectivity index (χ2n) is 3.11. The fourth-order valence-corrected chi connectivity index (χ4v) is 1.35. The van der Waals surface area contributed by atoms with Crippen molar-refractivity contribution in [1.29, 1.82) is 0 Å². The SMILES string of the molecule is O=C1CCCC(O)(O)C1(O)CO. The van der Waals surface area contributed by atoms with Crippen LogP contribution in [0.4, 0.5) is 0 Å². The summed E-state index contributed by atoms with van der Waals surface area (Å²) in [5, 5.41) is 36.4. The molecule has 0 radical (unpaired) electrons. The summed E-state index contributed by atoms with van der Waals surface area (Å²) in [7, 11) is 0. The minimum absolute atomic E-state index is 0.0694. The zero-order valence-electron chi connectivity index (χ0n) is 6.53. The monoisotopic (exact) mass is 176 g/mol. The second kappa shape index (κ2) is 2.77. The van der Waals surface area contributed by atoms with E-state index < -0.39 is 23.8 Å². The van der Waals surface area contributed by atoms with Crippen LogP contribution in [0.2, 0.25) is 0 Å². The van der Waals surface area contributed by atoms with Gasteiger partial charge < -0.3 is 20.4 Å². The average Bonchev–Trinajstić information content (AvgIpc) is 2.00. The van der Waals surface area contributed by atoms with E-state index in [0.29, 0.717) is 6.42 Å². The molecule has 0 aliphatic heterocycles. The highest BCUT2D eigenvalue weighted by Crippen LogP contribution is 2.32. The number of Topliss-reactive ketones (excluding diaryl/α,β-unsaturated/α-hetero) is 1. The van der Waals surface area contributed by atoms with E-state index in [-0.39, 0.29) is 12.8 Å². The first-order chi connectivity index (χ1) is 5.44. The molecule has 0 aromatic carbocycles. The van der Waals surface area contributed by atoms with Crippen molar-refractivity contribution in [2.75, 3.05) is 6.61 Å². The van der Waals surface area contributed by atoms with Gasteiger partial charge in [-0.3, -0.25) is 4.79 Å². The van der Waals surface area contributed by atoms with Gasteiger partial charge in [0.15, 0.2) is 11.4 Å². The van der Waals surface area contributed by atoms with Crippen molar-refractivity contribution in [2.45, 2.75) is 30.7 Å². The topological polar surface area (TPSA) is 98.0 Å². The molecule has 1 aliphatic rings. The summed E-state index contributed by atoms with van der Waals surface area (Å²) in [6.45, 7) is -0.959. The fourth-order valence-electron chi connectivity index (χ4n) is 1.35. The van der Waals surface area contributed by atoms with Crippen LogP contribution in [0.1, 0.15) is 19.3 Å². The molecule has 70 valence electrons. The number of ketones is 1. The lowest BCUT2D eigenvalue weighted by molar-refractivity contribution is -0.282. The fraction of sp³-hybridized carbons (Fsp3) is 0.857. The smallest absolute Gasteiger partial charge is 0.202 e. The van der Waals surface area contributed by atoms with Crippen molar-refractivity contribution in [1.82, 2.24) is 0 Å². The maximum Gasteiger partial charge on any atom is 0.202 e. The predicted octanol–water partition coefficient (Wildman–Crippen LogP) is -1.86. The summed E-state index contributed by atoms with van der Waals surface area (Å²) in [6.07, 6.45) is 0.282. The normalized spacial score (nSPS) is 35.2. The Bertz CT molecular complexity index is 200. The third kappa shape index (κ3) is 1.15. The minimum Gasteiger partial charge on any atom is -0.393 e. The first-order valence-electron chi connectivity index (χ1n) is 3.75. The van der Waals surface area contributed by atoms with Gasteiger partial charge in [0, 0.05) is 12.8 Å². The molecule has 1 fully saturated rings. The van der Waals surface area contributed by atoms with Gasteiger partial charge in [-0.1, -0.05) is 0 Å². The lowest BCUT2D eigenvalue weighted by Gasteiger charge is -2.40. The Balaban J connectivity index is 2.96. The Morgan fingerprint density at radius 2 is 1.92 bits per heavy atom. The number of hydrogen-bond donors (Lipinski definition) is 4. The molecule has 0 spiro atoms. The second-order valence-corrected chi connectivity index (χ2v) is 3.11. The van der Waals surface area contributed by atoms with Crippen LogP contribution in [0.15, 0.2) is 0 Å². The van der Waals surface area contributed by atoms with Crippen molar-refractivity contribution in [2.24, 2.45) is 0 Å². The third-order valence-electron chi connectivity index (χ3n) is 2.28. The molecule has 0 saturated heterocycles. The Morgan fingerprint density at radius 3 is 2.25 bits per heavy atom. The zero-order chi connectivity index (χ0) is 9.41. The summed E-state index contributed by atoms with van der Waals surface area (Å²) >= 11 is 0. The highest BCUT2D eigenvalue weighted by molar-refractivity contribution is 5.89. The standard InChI is InChI=1S/C7H12O5/c8-4-6(10)5(9)2-1-3-7(6,11)12/h8,10-12H,1-4H2. The number of aliphatic hydroxyl groups excluding tert-OH is 1. The predicted molar refractivity (Wildman–Crippen MR) is 38.1 cm³/mol. The van der Waals surface area contributed by atoms with Gasteiger partial charge in [-0.15, -0.1) is 0 Å². The number of rotatable bonds is 1. The van der Waals surface area contributed by atoms with Crippen LogP contribution in [0.25, 0.3) is 0 Å². The molecule has 5 nitrogen and oxygen atoms in total. The molecule has 0 heterocycles. The Labute approximate surface area is 69.3 Å². The highest BCUT2D eigenvalue weighted by atomic mass is 16.5. The van der Waals surface area contributed by atoms with Gasteiger partial charge in [0.1, 0.15) is 0 Å². The number of aliphatic hydroxyl groups is 4. The van der Waals surface area contributed by atoms with Crippen LogP contribution in [-0.4, -0.2) is 44.2 Å². The van der Waals surface area contributed by atoms with Crippen LogP contribution in [-0.2, 0) is 4.79 Å². The Kier molecular flexibility index (Phi) is 2.22. The van der Waals surface area contributed by atoms with E-state index >= 15 is 0 Å². The molecular weight excluding hydrogens is 164 g/mol. The Morgan fingerprint density at radius 1 is 1.33 bits per heavy atom. The van der Waals surface area contributed by atoms with Gasteiger partial charge in [-0.05, 0) is 6.42 Å². The van der Waals surface area contributed by atoms with E-state index in [4.69, 9.17) is 5.11 Å². The highest BCUT2D eigenvalue weighted by Gasteiger charge is 2.55. The number of carbonyl (C=O) groups is 1. The van der Waals surface area contributed by atoms with Crippen molar-refractivity contribution >= 4 is 5.78 Å². The van der Waals surface area contributed by atoms with Crippen molar-refractivity contribution in [3.63, 3.8) is 0 Å². The largest absolute Gasteiger partial charge is 0.393 e. The van der Waals surface area contributed by atoms with Crippen molar-refractivity contribution in [3.8, 4) is 0 Å². The van der Waals surface area contributed by atoms with Crippen LogP contribution >= 0.6 is 0 Å². The van der Waals surface area contributed by atoms with Crippen molar-refractivity contribution < 1.29 is 25.2 Å². The van der Waals surface area contributed by atoms with E-state index in [0.717, 1.165) is 0 Å². The quantitative estimate of drug-likeness (QED) is 0.351. The first-order valence-corrected chi connectivity index (χ1v) is 3.75. The van der Waals surface area contributed by atoms with Crippen LogP contribution in [0.5, 0.6) is 0 Å². The summed E-state index contributed by atoms with van der Waals surface area (Å²) < 4.78 is 0. The maximum absolute atomic E-state index is 11.0. The summed E-state index contributed by atoms with van der Waals surface area (Å²) in [5.41, 5.74) is -2.40. The summed E-state index contributed by atoms with van der Waals surface area (Å²) in [6, 6.07) is 0. The van der Waals surface area contributed by atoms with Gasteiger partial charge in [-0.25, -0.2) is 0 Å². The molecule has 0 aromatic rings. The molecule has 0 bridgehead atoms. The van der Waals surface area contributed by atoms with Crippen molar-refractivity contribution in [3.05, 3.63) is 0 Å². The van der Waals surface area contributed by atoms with Gasteiger partial charge >= 0.3 is 0 Å². The maximum atomic E-state index is 11.0. The van der Waals surface area contributed by atoms with E-state index in [2.05, 4.69) is 0 Å². The van der Waals surface area contributed by atoms with E-state index in [9.17, 15) is 20.1 Å². The lowest BCUT2D eigenvalue weighted by atomic mass is 9.79. The Hall–Kier alpha value is -0.490. The van der Waals surface area contributed by atoms with Gasteiger partial charge in [0.2, 0.25) is 5.79 Å². The molecule has 0 aromatic heterocycles. The molecule has 4 N–H and O–H groups in total. The lowest BCUT2D eigenvalue weighted by Crippen LogP contribution is -2.63. The minimum atomic E-state index is -2.49. The molecular formula is C7H12O5. The molecule has 1 rings (SSSR count). The molecule has 1 saturated carbocycles. The summed E-state index contributed by atoms with van der Waals surface area (Å²) in [4.78, 5) is 11.0. The van der Waals surface area contributed by atoms with Crippen LogP contribution in [0.3, 0.4) is 0 Å².